The molecule has 5 aliphatic carbocycles. The molecule has 1 nitrogen and oxygen atoms in total. The van der Waals surface area contributed by atoms with Gasteiger partial charge in [-0.15, -0.1) is 0 Å². The zero-order valence-corrected chi connectivity index (χ0v) is 39.6. The van der Waals surface area contributed by atoms with Crippen LogP contribution >= 0.6 is 0 Å². The second kappa shape index (κ2) is 6.94. The van der Waals surface area contributed by atoms with Gasteiger partial charge in [0.2, 0.25) is 0 Å². The predicted octanol–water partition coefficient (Wildman–Crippen LogP) is 20.8. The summed E-state index contributed by atoms with van der Waals surface area (Å²) in [5.41, 5.74) is 12.3. The number of anilines is 1. The minimum Gasteiger partial charge on any atom is -0.356 e. The first-order chi connectivity index (χ1) is 38.4. The minimum absolute atomic E-state index is 0.227. The van der Waals surface area contributed by atoms with Crippen LogP contribution in [0.4, 0.5) is 5.69 Å². The Kier molecular flexibility index (Phi) is 2.62. The first-order valence-corrected chi connectivity index (χ1v) is 29.1. The first-order valence-electron chi connectivity index (χ1n) is 29.1. The Morgan fingerprint density at radius 1 is 0.182 bits per heavy atom. The van der Waals surface area contributed by atoms with Gasteiger partial charge in [0.05, 0.1) is 12.1 Å². The normalized spacial score (nSPS) is 24.1. The Morgan fingerprint density at radius 3 is 0.779 bits per heavy atom. The van der Waals surface area contributed by atoms with Gasteiger partial charge >= 0.3 is 0 Å². The zero-order valence-electron chi connectivity index (χ0n) is 39.6. The van der Waals surface area contributed by atoms with Crippen molar-refractivity contribution in [2.24, 2.45) is 0 Å². The summed E-state index contributed by atoms with van der Waals surface area (Å²) in [4.78, 5) is 3.29. The van der Waals surface area contributed by atoms with E-state index in [-0.39, 0.29) is 12.1 Å². The zero-order chi connectivity index (χ0) is 45.6. The average Bonchev–Trinajstić information content (AvgIpc) is 3.57. The van der Waals surface area contributed by atoms with Crippen LogP contribution in [-0.2, 0) is 0 Å². The molecule has 1 heteroatoms. The maximum absolute atomic E-state index is 3.29. The molecule has 324 valence electrons. The fourth-order valence-corrected chi connectivity index (χ4v) is 27.5. The van der Waals surface area contributed by atoms with Crippen molar-refractivity contribution in [2.75, 3.05) is 4.90 Å². The predicted molar refractivity (Wildman–Crippen MR) is 324 cm³/mol. The van der Waals surface area contributed by atoms with E-state index in [4.69, 9.17) is 0 Å². The van der Waals surface area contributed by atoms with Crippen molar-refractivity contribution >= 4 is 297 Å². The molecule has 0 amide bonds. The summed E-state index contributed by atoms with van der Waals surface area (Å²) < 4.78 is 0. The van der Waals surface area contributed by atoms with E-state index in [1.165, 1.54) is 38.0 Å². The Hall–Kier alpha value is -9.30. The van der Waals surface area contributed by atoms with Crippen LogP contribution in [0.15, 0.2) is 54.6 Å². The Balaban J connectivity index is 1.02. The van der Waals surface area contributed by atoms with Gasteiger partial charge in [0.15, 0.2) is 0 Å². The maximum Gasteiger partial charge on any atom is 0.0636 e. The average molecular weight is 942 g/mol. The highest BCUT2D eigenvalue weighted by atomic mass is 15.2. The second-order valence-corrected chi connectivity index (χ2v) is 28.3. The van der Waals surface area contributed by atoms with Gasteiger partial charge < -0.3 is 4.90 Å². The molecule has 29 aromatic carbocycles. The molecule has 0 saturated carbocycles. The Labute approximate surface area is 422 Å². The van der Waals surface area contributed by atoms with Crippen LogP contribution in [0.5, 0.6) is 0 Å². The summed E-state index contributed by atoms with van der Waals surface area (Å²) in [6.45, 7) is 0. The van der Waals surface area contributed by atoms with Crippen molar-refractivity contribution in [1.29, 1.82) is 0 Å². The van der Waals surface area contributed by atoms with Crippen LogP contribution in [0.3, 0.4) is 0 Å². The van der Waals surface area contributed by atoms with Crippen LogP contribution in [0.1, 0.15) is 69.1 Å². The van der Waals surface area contributed by atoms with Gasteiger partial charge in [0.25, 0.3) is 0 Å². The molecule has 0 aromatic heterocycles. The Bertz CT molecular complexity index is 7690. The summed E-state index contributed by atoms with van der Waals surface area (Å²) in [5, 5.41) is 89.9. The van der Waals surface area contributed by atoms with Gasteiger partial charge in [-0.1, -0.05) is 48.5 Å². The topological polar surface area (TPSA) is 3.24 Å². The summed E-state index contributed by atoms with van der Waals surface area (Å²) in [7, 11) is 0. The molecule has 1 heterocycles. The molecule has 35 rings (SSSR count). The fourth-order valence-electron chi connectivity index (χ4n) is 27.5. The molecule has 77 heavy (non-hydrogen) atoms. The lowest BCUT2D eigenvalue weighted by molar-refractivity contribution is 0.430. The number of benzene rings is 20. The minimum atomic E-state index is 0.227. The van der Waals surface area contributed by atoms with E-state index in [1.807, 2.05) is 11.1 Å². The van der Waals surface area contributed by atoms with Crippen molar-refractivity contribution in [3.05, 3.63) is 88.0 Å². The van der Waals surface area contributed by atoms with Crippen LogP contribution in [0.2, 0.25) is 0 Å². The van der Waals surface area contributed by atoms with Gasteiger partial charge in [-0.05, 0) is 325 Å². The van der Waals surface area contributed by atoms with Gasteiger partial charge in [0, 0.05) is 34.7 Å². The van der Waals surface area contributed by atoms with E-state index in [0.29, 0.717) is 23.7 Å². The third-order valence-electron chi connectivity index (χ3n) is 27.9. The quantitative estimate of drug-likeness (QED) is 0.148. The smallest absolute Gasteiger partial charge is 0.0636 e. The van der Waals surface area contributed by atoms with Crippen molar-refractivity contribution < 1.29 is 0 Å². The molecule has 6 unspecified atom stereocenters. The SMILES string of the molecule is c1cc2ccc3ccc(N4C5c6c7c8c9c%10c%11c%12c%13c%14c%15c%16c%17c(c%18c6c6c%19c7c7c9c9c%10c%10c%12c%12c%14c%14c%15c%15c%17c%17c%18c6c6c%18c%17c%15c%15c%14c%14c%12c%10c%10c9c9c7c%19c6c6c%18c%15c%14c%10c96)C5C%16C%13C%11C84)c4ccc(c1)c2c34. The standard InChI is InChI=1S/C76H15N/c1-2-10-4-5-12-7-9-14(13-8-6-11(3-1)15(10)16(12)13)77-75-71-64-57-45-37-28-19-17-18-20-23(19)32-39(37)47-48-40(32)38-29(20)31-27-22(18)25-24-21(17)26-30(28)43(45)51-49-35(26)33(24)41-42-34(25)36(27)50-52-44(31)46(38)58-60(48)69(68(71)59(47)57)72-65(58)63(52)67-56(50)54(42)61-53(41)55(49)66(62(51)64)73(75)70(61)74(67)76(72)77/h1-9,68-69,71-72,75-76H. The first kappa shape index (κ1) is 29.1. The lowest BCUT2D eigenvalue weighted by atomic mass is 9.65. The molecule has 6 aliphatic rings. The van der Waals surface area contributed by atoms with Crippen molar-refractivity contribution in [2.45, 2.75) is 35.8 Å². The van der Waals surface area contributed by atoms with E-state index in [2.05, 4.69) is 59.5 Å². The van der Waals surface area contributed by atoms with E-state index < -0.39 is 0 Å². The number of hydrogen-bond donors (Lipinski definition) is 0. The summed E-state index contributed by atoms with van der Waals surface area (Å²) >= 11 is 0. The molecule has 29 aromatic rings. The van der Waals surface area contributed by atoms with Gasteiger partial charge in [0.1, 0.15) is 0 Å². The van der Waals surface area contributed by atoms with Crippen molar-refractivity contribution in [3.63, 3.8) is 0 Å². The summed E-state index contributed by atoms with van der Waals surface area (Å²) in [6.07, 6.45) is 0. The molecule has 0 radical (unpaired) electrons. The van der Waals surface area contributed by atoms with Gasteiger partial charge in [-0.2, -0.15) is 0 Å². The van der Waals surface area contributed by atoms with Gasteiger partial charge in [-0.3, -0.25) is 0 Å². The molecule has 0 saturated heterocycles. The van der Waals surface area contributed by atoms with E-state index in [1.54, 1.807) is 281 Å². The van der Waals surface area contributed by atoms with Crippen LogP contribution in [0, 0.1) is 0 Å². The monoisotopic (exact) mass is 941 g/mol. The van der Waals surface area contributed by atoms with Crippen LogP contribution in [-0.4, -0.2) is 0 Å². The highest BCUT2D eigenvalue weighted by molar-refractivity contribution is 6.80. The molecular formula is C76H15N. The van der Waals surface area contributed by atoms with Crippen molar-refractivity contribution in [1.82, 2.24) is 0 Å². The van der Waals surface area contributed by atoms with Crippen molar-refractivity contribution in [3.8, 4) is 0 Å². The fraction of sp³-hybridized carbons (Fsp3) is 0.0789. The molecular weight excluding hydrogens is 927 g/mol. The molecule has 0 N–H and O–H groups in total. The third-order valence-corrected chi connectivity index (χ3v) is 27.9. The van der Waals surface area contributed by atoms with Crippen LogP contribution in [0.25, 0.3) is 291 Å². The molecule has 0 fully saturated rings. The molecule has 1 aliphatic heterocycles. The lowest BCUT2D eigenvalue weighted by Gasteiger charge is -2.51. The highest BCUT2D eigenvalue weighted by Gasteiger charge is 2.67. The summed E-state index contributed by atoms with van der Waals surface area (Å²) in [6, 6.07) is 22.6. The Morgan fingerprint density at radius 2 is 0.429 bits per heavy atom. The van der Waals surface area contributed by atoms with Crippen LogP contribution < -0.4 is 4.90 Å². The van der Waals surface area contributed by atoms with E-state index in [0.717, 1.165) is 0 Å². The van der Waals surface area contributed by atoms with E-state index in [9.17, 15) is 0 Å². The van der Waals surface area contributed by atoms with Gasteiger partial charge in [-0.25, -0.2) is 0 Å². The lowest BCUT2D eigenvalue weighted by Crippen LogP contribution is -2.41. The number of nitrogens with zero attached hydrogens (tertiary/aromatic N) is 1. The second-order valence-electron chi connectivity index (χ2n) is 28.3. The number of rotatable bonds is 1. The maximum atomic E-state index is 3.29. The third kappa shape index (κ3) is 1.71. The highest BCUT2D eigenvalue weighted by Crippen LogP contribution is 2.86. The number of fused-ring (bicyclic) bond motifs is 5. The number of hydrogen-bond acceptors (Lipinski definition) is 1. The summed E-state index contributed by atoms with van der Waals surface area (Å²) in [5.74, 6) is 1.57. The molecule has 6 atom stereocenters. The molecule has 0 bridgehead atoms. The largest absolute Gasteiger partial charge is 0.356 e. The van der Waals surface area contributed by atoms with E-state index >= 15 is 0 Å². The molecule has 0 spiro atoms.